The molecule has 0 radical (unpaired) electrons. The fourth-order valence-corrected chi connectivity index (χ4v) is 0.329. The first kappa shape index (κ1) is 8.37. The summed E-state index contributed by atoms with van der Waals surface area (Å²) in [4.78, 5) is 3.87. The van der Waals surface area contributed by atoms with Crippen LogP contribution in [-0.2, 0) is 0 Å². The van der Waals surface area contributed by atoms with E-state index in [4.69, 9.17) is 0 Å². The highest BCUT2D eigenvalue weighted by Crippen LogP contribution is 1.98. The predicted octanol–water partition coefficient (Wildman–Crippen LogP) is 1.01. The normalized spacial score (nSPS) is 17.7. The summed E-state index contributed by atoms with van der Waals surface area (Å²) in [6, 6.07) is 0. The Morgan fingerprint density at radius 1 is 1.78 bits per heavy atom. The largest absolute Gasteiger partial charge is 0.380 e. The van der Waals surface area contributed by atoms with Crippen LogP contribution in [0.15, 0.2) is 17.6 Å². The molecule has 52 valence electrons. The van der Waals surface area contributed by atoms with E-state index in [9.17, 15) is 5.11 Å². The lowest BCUT2D eigenvalue weighted by Crippen LogP contribution is -2.21. The Bertz CT molecular complexity index is 116. The van der Waals surface area contributed by atoms with Gasteiger partial charge >= 0.3 is 0 Å². The Hall–Kier alpha value is -0.630. The van der Waals surface area contributed by atoms with Gasteiger partial charge in [0.05, 0.1) is 0 Å². The van der Waals surface area contributed by atoms with E-state index in [1.807, 2.05) is 6.92 Å². The van der Waals surface area contributed by atoms with Crippen LogP contribution in [-0.4, -0.2) is 23.5 Å². The molecule has 0 aliphatic carbocycles. The average Bonchev–Trinajstić information content (AvgIpc) is 1.84. The molecule has 1 unspecified atom stereocenters. The second kappa shape index (κ2) is 3.41. The number of rotatable bonds is 3. The van der Waals surface area contributed by atoms with Gasteiger partial charge in [-0.25, -0.2) is 0 Å². The van der Waals surface area contributed by atoms with Crippen LogP contribution in [0.4, 0.5) is 0 Å². The zero-order valence-electron chi connectivity index (χ0n) is 5.96. The maximum Gasteiger partial charge on any atom is 0.114 e. The lowest BCUT2D eigenvalue weighted by Gasteiger charge is -2.09. The van der Waals surface area contributed by atoms with E-state index in [0.29, 0.717) is 6.54 Å². The molecule has 2 nitrogen and oxygen atoms in total. The smallest absolute Gasteiger partial charge is 0.114 e. The molecule has 0 rings (SSSR count). The van der Waals surface area contributed by atoms with Gasteiger partial charge in [0.15, 0.2) is 0 Å². The van der Waals surface area contributed by atoms with E-state index in [-0.39, 0.29) is 0 Å². The van der Waals surface area contributed by atoms with Crippen molar-refractivity contribution in [2.24, 2.45) is 4.99 Å². The summed E-state index contributed by atoms with van der Waals surface area (Å²) < 4.78 is 0. The van der Waals surface area contributed by atoms with Crippen molar-refractivity contribution in [3.05, 3.63) is 12.7 Å². The fourth-order valence-electron chi connectivity index (χ4n) is 0.329. The third kappa shape index (κ3) is 3.91. The zero-order chi connectivity index (χ0) is 7.33. The van der Waals surface area contributed by atoms with Gasteiger partial charge in [-0.05, 0) is 13.8 Å². The predicted molar refractivity (Wildman–Crippen MR) is 39.9 cm³/mol. The van der Waals surface area contributed by atoms with Gasteiger partial charge in [0, 0.05) is 12.8 Å². The quantitative estimate of drug-likeness (QED) is 0.445. The van der Waals surface area contributed by atoms with Crippen molar-refractivity contribution in [3.63, 3.8) is 0 Å². The van der Waals surface area contributed by atoms with Crippen molar-refractivity contribution in [1.29, 1.82) is 0 Å². The Balaban J connectivity index is 3.84. The van der Waals surface area contributed by atoms with Crippen LogP contribution in [0.5, 0.6) is 0 Å². The van der Waals surface area contributed by atoms with Crippen molar-refractivity contribution in [2.45, 2.75) is 19.4 Å². The van der Waals surface area contributed by atoms with Crippen molar-refractivity contribution in [2.75, 3.05) is 6.54 Å². The van der Waals surface area contributed by atoms with E-state index >= 15 is 0 Å². The molecule has 0 aromatic rings. The van der Waals surface area contributed by atoms with E-state index in [1.165, 1.54) is 12.3 Å². The average molecular weight is 127 g/mol. The molecule has 0 amide bonds. The maximum atomic E-state index is 9.19. The molecule has 0 aromatic heterocycles. The Morgan fingerprint density at radius 3 is 2.67 bits per heavy atom. The highest BCUT2D eigenvalue weighted by Gasteiger charge is 2.09. The first-order chi connectivity index (χ1) is 4.12. The number of hydrogen-bond acceptors (Lipinski definition) is 2. The van der Waals surface area contributed by atoms with E-state index in [0.717, 1.165) is 0 Å². The van der Waals surface area contributed by atoms with Gasteiger partial charge in [-0.15, -0.1) is 0 Å². The maximum absolute atomic E-state index is 9.19. The van der Waals surface area contributed by atoms with Crippen LogP contribution in [0.25, 0.3) is 0 Å². The van der Waals surface area contributed by atoms with Crippen molar-refractivity contribution < 1.29 is 5.11 Å². The summed E-state index contributed by atoms with van der Waals surface area (Å²) >= 11 is 0. The van der Waals surface area contributed by atoms with Crippen molar-refractivity contribution in [1.82, 2.24) is 0 Å². The lowest BCUT2D eigenvalue weighted by atomic mass is 10.1. The molecule has 0 aliphatic rings. The van der Waals surface area contributed by atoms with Crippen LogP contribution < -0.4 is 0 Å². The SMILES string of the molecule is C=CC(C)(O)C=NCC. The first-order valence-corrected chi connectivity index (χ1v) is 2.99. The highest BCUT2D eigenvalue weighted by molar-refractivity contribution is 5.70. The van der Waals surface area contributed by atoms with Crippen molar-refractivity contribution >= 4 is 6.21 Å². The number of aliphatic hydroxyl groups is 1. The molecular formula is C7H13NO. The fraction of sp³-hybridized carbons (Fsp3) is 0.571. The Labute approximate surface area is 55.9 Å². The summed E-state index contributed by atoms with van der Waals surface area (Å²) in [5.74, 6) is 0. The van der Waals surface area contributed by atoms with Crippen LogP contribution in [0.2, 0.25) is 0 Å². The van der Waals surface area contributed by atoms with E-state index in [1.54, 1.807) is 6.92 Å². The molecule has 0 saturated carbocycles. The van der Waals surface area contributed by atoms with Crippen LogP contribution in [0.3, 0.4) is 0 Å². The molecule has 0 heterocycles. The van der Waals surface area contributed by atoms with Gasteiger partial charge in [-0.3, -0.25) is 4.99 Å². The van der Waals surface area contributed by atoms with E-state index < -0.39 is 5.60 Å². The lowest BCUT2D eigenvalue weighted by molar-refractivity contribution is 0.190. The van der Waals surface area contributed by atoms with Gasteiger partial charge in [-0.1, -0.05) is 12.7 Å². The minimum Gasteiger partial charge on any atom is -0.380 e. The molecule has 0 saturated heterocycles. The summed E-state index contributed by atoms with van der Waals surface area (Å²) in [6.45, 7) is 7.69. The Kier molecular flexibility index (Phi) is 3.17. The molecule has 1 atom stereocenters. The van der Waals surface area contributed by atoms with Gasteiger partial charge < -0.3 is 5.11 Å². The van der Waals surface area contributed by atoms with Crippen LogP contribution in [0, 0.1) is 0 Å². The summed E-state index contributed by atoms with van der Waals surface area (Å²) in [7, 11) is 0. The molecular weight excluding hydrogens is 114 g/mol. The number of aliphatic imine (C=N–C) groups is 1. The van der Waals surface area contributed by atoms with Gasteiger partial charge in [0.25, 0.3) is 0 Å². The molecule has 0 aromatic carbocycles. The number of nitrogens with zero attached hydrogens (tertiary/aromatic N) is 1. The summed E-state index contributed by atoms with van der Waals surface area (Å²) in [6.07, 6.45) is 2.94. The Morgan fingerprint density at radius 2 is 2.33 bits per heavy atom. The molecule has 0 fully saturated rings. The third-order valence-corrected chi connectivity index (χ3v) is 0.948. The molecule has 0 bridgehead atoms. The molecule has 1 N–H and O–H groups in total. The zero-order valence-corrected chi connectivity index (χ0v) is 5.96. The number of hydrogen-bond donors (Lipinski definition) is 1. The second-order valence-electron chi connectivity index (χ2n) is 2.06. The monoisotopic (exact) mass is 127 g/mol. The second-order valence-corrected chi connectivity index (χ2v) is 2.06. The highest BCUT2D eigenvalue weighted by atomic mass is 16.3. The molecule has 0 spiro atoms. The summed E-state index contributed by atoms with van der Waals surface area (Å²) in [5.41, 5.74) is -0.935. The molecule has 2 heteroatoms. The standard InChI is InChI=1S/C7H13NO/c1-4-7(3,9)6-8-5-2/h4,6,9H,1,5H2,2-3H3. The minimum absolute atomic E-state index is 0.698. The van der Waals surface area contributed by atoms with Crippen molar-refractivity contribution in [3.8, 4) is 0 Å². The van der Waals surface area contributed by atoms with Gasteiger partial charge in [0.2, 0.25) is 0 Å². The van der Waals surface area contributed by atoms with Crippen LogP contribution in [0.1, 0.15) is 13.8 Å². The van der Waals surface area contributed by atoms with Gasteiger partial charge in [0.1, 0.15) is 5.60 Å². The first-order valence-electron chi connectivity index (χ1n) is 2.99. The minimum atomic E-state index is -0.935. The van der Waals surface area contributed by atoms with Gasteiger partial charge in [-0.2, -0.15) is 0 Å². The third-order valence-electron chi connectivity index (χ3n) is 0.948. The van der Waals surface area contributed by atoms with Crippen LogP contribution >= 0.6 is 0 Å². The molecule has 0 aliphatic heterocycles. The topological polar surface area (TPSA) is 32.6 Å². The summed E-state index contributed by atoms with van der Waals surface area (Å²) in [5, 5.41) is 9.19. The van der Waals surface area contributed by atoms with E-state index in [2.05, 4.69) is 11.6 Å². The molecule has 9 heavy (non-hydrogen) atoms.